The SMILES string of the molecule is NC(=O)CSc1ccccc1NC(=O)c1ccoc1Br. The van der Waals surface area contributed by atoms with E-state index in [9.17, 15) is 9.59 Å². The van der Waals surface area contributed by atoms with Crippen molar-refractivity contribution in [2.45, 2.75) is 4.90 Å². The first-order valence-corrected chi connectivity index (χ1v) is 7.40. The number of furan rings is 1. The maximum atomic E-state index is 12.1. The van der Waals surface area contributed by atoms with Gasteiger partial charge in [-0.15, -0.1) is 11.8 Å². The van der Waals surface area contributed by atoms with Crippen LogP contribution in [-0.2, 0) is 4.79 Å². The smallest absolute Gasteiger partial charge is 0.260 e. The van der Waals surface area contributed by atoms with Crippen molar-refractivity contribution in [1.82, 2.24) is 0 Å². The molecule has 0 saturated heterocycles. The van der Waals surface area contributed by atoms with E-state index in [1.54, 1.807) is 18.2 Å². The largest absolute Gasteiger partial charge is 0.457 e. The summed E-state index contributed by atoms with van der Waals surface area (Å²) < 4.78 is 5.39. The Balaban J connectivity index is 2.15. The Kier molecular flexibility index (Phi) is 4.86. The van der Waals surface area contributed by atoms with Gasteiger partial charge in [0.1, 0.15) is 0 Å². The lowest BCUT2D eigenvalue weighted by Crippen LogP contribution is -2.14. The molecule has 0 radical (unpaired) electrons. The van der Waals surface area contributed by atoms with Crippen LogP contribution in [0.3, 0.4) is 0 Å². The third kappa shape index (κ3) is 3.64. The lowest BCUT2D eigenvalue weighted by Gasteiger charge is -2.09. The monoisotopic (exact) mass is 354 g/mol. The number of primary amides is 1. The predicted octanol–water partition coefficient (Wildman–Crippen LogP) is 2.87. The van der Waals surface area contributed by atoms with Crippen LogP contribution in [0.2, 0.25) is 0 Å². The van der Waals surface area contributed by atoms with Gasteiger partial charge < -0.3 is 15.5 Å². The lowest BCUT2D eigenvalue weighted by atomic mass is 10.3. The van der Waals surface area contributed by atoms with Gasteiger partial charge in [-0.05, 0) is 34.1 Å². The Bertz CT molecular complexity index is 642. The van der Waals surface area contributed by atoms with Crippen molar-refractivity contribution in [2.24, 2.45) is 5.73 Å². The van der Waals surface area contributed by atoms with Gasteiger partial charge in [0.05, 0.1) is 23.3 Å². The average Bonchev–Trinajstić information content (AvgIpc) is 2.84. The van der Waals surface area contributed by atoms with Crippen LogP contribution < -0.4 is 11.1 Å². The number of amides is 2. The zero-order valence-corrected chi connectivity index (χ0v) is 12.7. The van der Waals surface area contributed by atoms with Crippen LogP contribution in [0.5, 0.6) is 0 Å². The van der Waals surface area contributed by atoms with E-state index in [1.807, 2.05) is 12.1 Å². The third-order valence-electron chi connectivity index (χ3n) is 2.37. The Morgan fingerprint density at radius 1 is 1.30 bits per heavy atom. The molecular formula is C13H11BrN2O3S. The molecule has 7 heteroatoms. The Labute approximate surface area is 128 Å². The second-order valence-corrected chi connectivity index (χ2v) is 5.55. The molecule has 1 aromatic heterocycles. The van der Waals surface area contributed by atoms with Crippen LogP contribution in [0.1, 0.15) is 10.4 Å². The number of thioether (sulfide) groups is 1. The summed E-state index contributed by atoms with van der Waals surface area (Å²) in [4.78, 5) is 23.7. The molecule has 2 aromatic rings. The van der Waals surface area contributed by atoms with E-state index < -0.39 is 5.91 Å². The first-order valence-electron chi connectivity index (χ1n) is 5.62. The number of hydrogen-bond donors (Lipinski definition) is 2. The molecule has 0 unspecified atom stereocenters. The number of rotatable bonds is 5. The highest BCUT2D eigenvalue weighted by Gasteiger charge is 2.14. The van der Waals surface area contributed by atoms with Crippen LogP contribution in [0.25, 0.3) is 0 Å². The Morgan fingerprint density at radius 2 is 2.05 bits per heavy atom. The van der Waals surface area contributed by atoms with E-state index in [0.717, 1.165) is 4.90 Å². The average molecular weight is 355 g/mol. The molecule has 0 fully saturated rings. The van der Waals surface area contributed by atoms with Crippen LogP contribution in [0, 0.1) is 0 Å². The molecule has 0 aliphatic rings. The van der Waals surface area contributed by atoms with Crippen LogP contribution in [-0.4, -0.2) is 17.6 Å². The second kappa shape index (κ2) is 6.62. The standard InChI is InChI=1S/C13H11BrN2O3S/c14-12-8(5-6-19-12)13(18)16-9-3-1-2-4-10(9)20-7-11(15)17/h1-6H,7H2,(H2,15,17)(H,16,18). The van der Waals surface area contributed by atoms with Crippen LogP contribution >= 0.6 is 27.7 Å². The van der Waals surface area contributed by atoms with Crippen molar-refractivity contribution in [3.63, 3.8) is 0 Å². The molecule has 20 heavy (non-hydrogen) atoms. The van der Waals surface area contributed by atoms with E-state index in [-0.39, 0.29) is 11.7 Å². The van der Waals surface area contributed by atoms with Gasteiger partial charge in [0.2, 0.25) is 5.91 Å². The fourth-order valence-electron chi connectivity index (χ4n) is 1.49. The normalized spacial score (nSPS) is 10.2. The number of anilines is 1. The minimum absolute atomic E-state index is 0.155. The first-order chi connectivity index (χ1) is 9.58. The van der Waals surface area contributed by atoms with Gasteiger partial charge in [-0.2, -0.15) is 0 Å². The lowest BCUT2D eigenvalue weighted by molar-refractivity contribution is -0.115. The molecule has 5 nitrogen and oxygen atoms in total. The summed E-state index contributed by atoms with van der Waals surface area (Å²) in [7, 11) is 0. The number of carbonyl (C=O) groups excluding carboxylic acids is 2. The third-order valence-corrected chi connectivity index (χ3v) is 4.08. The molecule has 0 atom stereocenters. The summed E-state index contributed by atoms with van der Waals surface area (Å²) in [6.07, 6.45) is 1.42. The Morgan fingerprint density at radius 3 is 2.70 bits per heavy atom. The molecule has 0 saturated carbocycles. The van der Waals surface area contributed by atoms with Crippen LogP contribution in [0.4, 0.5) is 5.69 Å². The van der Waals surface area contributed by atoms with Crippen LogP contribution in [0.15, 0.2) is 50.6 Å². The quantitative estimate of drug-likeness (QED) is 0.808. The van der Waals surface area contributed by atoms with Crippen molar-refractivity contribution >= 4 is 45.2 Å². The summed E-state index contributed by atoms with van der Waals surface area (Å²) in [6.45, 7) is 0. The first kappa shape index (κ1) is 14.7. The van der Waals surface area contributed by atoms with Gasteiger partial charge in [-0.25, -0.2) is 0 Å². The van der Waals surface area contributed by atoms with Gasteiger partial charge in [0, 0.05) is 4.90 Å². The van der Waals surface area contributed by atoms with Gasteiger partial charge >= 0.3 is 0 Å². The second-order valence-electron chi connectivity index (χ2n) is 3.81. The van der Waals surface area contributed by atoms with E-state index in [1.165, 1.54) is 18.0 Å². The van der Waals surface area contributed by atoms with Gasteiger partial charge in [0.15, 0.2) is 4.67 Å². The van der Waals surface area contributed by atoms with Crippen molar-refractivity contribution < 1.29 is 14.0 Å². The van der Waals surface area contributed by atoms with E-state index in [2.05, 4.69) is 21.2 Å². The van der Waals surface area contributed by atoms with Gasteiger partial charge in [0.25, 0.3) is 5.91 Å². The minimum Gasteiger partial charge on any atom is -0.457 e. The summed E-state index contributed by atoms with van der Waals surface area (Å²) in [5.41, 5.74) is 6.15. The topological polar surface area (TPSA) is 85.3 Å². The summed E-state index contributed by atoms with van der Waals surface area (Å²) in [5, 5.41) is 2.78. The molecule has 104 valence electrons. The van der Waals surface area contributed by atoms with E-state index in [0.29, 0.717) is 15.9 Å². The van der Waals surface area contributed by atoms with Gasteiger partial charge in [-0.3, -0.25) is 9.59 Å². The van der Waals surface area contributed by atoms with Crippen molar-refractivity contribution in [3.8, 4) is 0 Å². The number of hydrogen-bond acceptors (Lipinski definition) is 4. The number of halogens is 1. The number of benzene rings is 1. The fourth-order valence-corrected chi connectivity index (χ4v) is 2.66. The van der Waals surface area contributed by atoms with E-state index >= 15 is 0 Å². The van der Waals surface area contributed by atoms with Gasteiger partial charge in [-0.1, -0.05) is 12.1 Å². The molecule has 3 N–H and O–H groups in total. The Hall–Kier alpha value is -1.73. The molecule has 0 bridgehead atoms. The van der Waals surface area contributed by atoms with E-state index in [4.69, 9.17) is 10.2 Å². The highest BCUT2D eigenvalue weighted by Crippen LogP contribution is 2.28. The molecule has 2 amide bonds. The minimum atomic E-state index is -0.409. The predicted molar refractivity (Wildman–Crippen MR) is 80.7 cm³/mol. The van der Waals surface area contributed by atoms with Crippen molar-refractivity contribution in [1.29, 1.82) is 0 Å². The highest BCUT2D eigenvalue weighted by atomic mass is 79.9. The fraction of sp³-hybridized carbons (Fsp3) is 0.0769. The number of carbonyl (C=O) groups is 2. The molecule has 1 heterocycles. The number of nitrogens with one attached hydrogen (secondary N) is 1. The summed E-state index contributed by atoms with van der Waals surface area (Å²) in [5.74, 6) is -0.547. The maximum absolute atomic E-state index is 12.1. The molecular weight excluding hydrogens is 344 g/mol. The zero-order chi connectivity index (χ0) is 14.5. The van der Waals surface area contributed by atoms with Crippen molar-refractivity contribution in [3.05, 3.63) is 46.8 Å². The number of para-hydroxylation sites is 1. The zero-order valence-electron chi connectivity index (χ0n) is 10.3. The summed E-state index contributed by atoms with van der Waals surface area (Å²) >= 11 is 4.43. The summed E-state index contributed by atoms with van der Waals surface area (Å²) in [6, 6.07) is 8.77. The van der Waals surface area contributed by atoms with Crippen molar-refractivity contribution in [2.75, 3.05) is 11.1 Å². The molecule has 2 rings (SSSR count). The number of nitrogens with two attached hydrogens (primary N) is 1. The maximum Gasteiger partial charge on any atom is 0.260 e. The molecule has 0 aliphatic heterocycles. The molecule has 1 aromatic carbocycles. The molecule has 0 aliphatic carbocycles. The highest BCUT2D eigenvalue weighted by molar-refractivity contribution is 9.10. The molecule has 0 spiro atoms.